The number of amides is 2. The Morgan fingerprint density at radius 3 is 2.44 bits per heavy atom. The summed E-state index contributed by atoms with van der Waals surface area (Å²) in [5.74, 6) is -0.212. The van der Waals surface area contributed by atoms with Crippen molar-refractivity contribution in [2.45, 2.75) is 58.0 Å². The van der Waals surface area contributed by atoms with Crippen molar-refractivity contribution in [2.24, 2.45) is 0 Å². The largest absolute Gasteiger partial charge is 0.352 e. The Morgan fingerprint density at radius 1 is 1.09 bits per heavy atom. The normalized spacial score (nSPS) is 12.8. The smallest absolute Gasteiger partial charge is 0.243 e. The van der Waals surface area contributed by atoms with Crippen LogP contribution in [0.5, 0.6) is 0 Å². The summed E-state index contributed by atoms with van der Waals surface area (Å²) in [6.07, 6.45) is 1.24. The highest BCUT2D eigenvalue weighted by atomic mass is 35.5. The first-order chi connectivity index (χ1) is 15.3. The molecule has 0 saturated carbocycles. The van der Waals surface area contributed by atoms with Crippen LogP contribution in [0.15, 0.2) is 42.5 Å². The van der Waals surface area contributed by atoms with Gasteiger partial charge in [-0.3, -0.25) is 9.59 Å². The number of rotatable bonds is 11. The lowest BCUT2D eigenvalue weighted by Gasteiger charge is -2.31. The molecule has 1 N–H and O–H groups in total. The number of hydrogen-bond acceptors (Lipinski definition) is 3. The van der Waals surface area contributed by atoms with E-state index in [0.717, 1.165) is 6.42 Å². The number of thioether (sulfide) groups is 1. The lowest BCUT2D eigenvalue weighted by molar-refractivity contribution is -0.139. The van der Waals surface area contributed by atoms with Crippen LogP contribution in [-0.4, -0.2) is 34.6 Å². The third-order valence-electron chi connectivity index (χ3n) is 5.18. The maximum atomic E-state index is 13.9. The molecule has 2 aromatic rings. The minimum Gasteiger partial charge on any atom is -0.352 e. The van der Waals surface area contributed by atoms with Crippen molar-refractivity contribution in [1.82, 2.24) is 10.2 Å². The molecule has 0 bridgehead atoms. The summed E-state index contributed by atoms with van der Waals surface area (Å²) in [4.78, 5) is 27.7. The van der Waals surface area contributed by atoms with Gasteiger partial charge in [0.05, 0.1) is 5.75 Å². The van der Waals surface area contributed by atoms with E-state index < -0.39 is 6.04 Å². The molecular weight excluding hydrogens is 470 g/mol. The van der Waals surface area contributed by atoms with Gasteiger partial charge >= 0.3 is 0 Å². The van der Waals surface area contributed by atoms with Crippen LogP contribution in [0.3, 0.4) is 0 Å². The fourth-order valence-electron chi connectivity index (χ4n) is 3.14. The SMILES string of the molecule is CC[C@H](C(=O)N[C@@H](C)CC)N(Cc1ccc(Cl)cc1Cl)C(=O)CSCc1ccccc1F. The average molecular weight is 499 g/mol. The van der Waals surface area contributed by atoms with Crippen molar-refractivity contribution >= 4 is 46.8 Å². The van der Waals surface area contributed by atoms with E-state index in [0.29, 0.717) is 33.3 Å². The number of carbonyl (C=O) groups is 2. The molecule has 32 heavy (non-hydrogen) atoms. The lowest BCUT2D eigenvalue weighted by Crippen LogP contribution is -2.51. The number of nitrogens with zero attached hydrogens (tertiary/aromatic N) is 1. The van der Waals surface area contributed by atoms with Gasteiger partial charge < -0.3 is 10.2 Å². The van der Waals surface area contributed by atoms with Crippen LogP contribution in [0.1, 0.15) is 44.7 Å². The Labute approximate surface area is 203 Å². The summed E-state index contributed by atoms with van der Waals surface area (Å²) in [5, 5.41) is 3.91. The Bertz CT molecular complexity index is 929. The molecule has 0 radical (unpaired) electrons. The van der Waals surface area contributed by atoms with Gasteiger partial charge in [-0.25, -0.2) is 4.39 Å². The number of benzene rings is 2. The van der Waals surface area contributed by atoms with Crippen LogP contribution in [0.2, 0.25) is 10.0 Å². The number of carbonyl (C=O) groups excluding carboxylic acids is 2. The summed E-state index contributed by atoms with van der Waals surface area (Å²) in [6.45, 7) is 5.97. The number of nitrogens with one attached hydrogen (secondary N) is 1. The van der Waals surface area contributed by atoms with E-state index in [2.05, 4.69) is 5.32 Å². The van der Waals surface area contributed by atoms with E-state index in [4.69, 9.17) is 23.2 Å². The molecule has 2 atom stereocenters. The zero-order chi connectivity index (χ0) is 23.7. The van der Waals surface area contributed by atoms with Gasteiger partial charge in [0.2, 0.25) is 11.8 Å². The predicted molar refractivity (Wildman–Crippen MR) is 132 cm³/mol. The quantitative estimate of drug-likeness (QED) is 0.407. The van der Waals surface area contributed by atoms with Crippen LogP contribution >= 0.6 is 35.0 Å². The summed E-state index contributed by atoms with van der Waals surface area (Å²) < 4.78 is 13.9. The Kier molecular flexibility index (Phi) is 10.8. The molecule has 174 valence electrons. The minimum atomic E-state index is -0.641. The fourth-order valence-corrected chi connectivity index (χ4v) is 4.51. The molecule has 2 amide bonds. The predicted octanol–water partition coefficient (Wildman–Crippen LogP) is 6.09. The van der Waals surface area contributed by atoms with Gasteiger partial charge in [-0.1, -0.05) is 61.3 Å². The second-order valence-corrected chi connectivity index (χ2v) is 9.41. The monoisotopic (exact) mass is 498 g/mol. The highest BCUT2D eigenvalue weighted by molar-refractivity contribution is 7.99. The fraction of sp³-hybridized carbons (Fsp3) is 0.417. The molecule has 0 aromatic heterocycles. The van der Waals surface area contributed by atoms with Crippen molar-refractivity contribution in [2.75, 3.05) is 5.75 Å². The van der Waals surface area contributed by atoms with Gasteiger partial charge in [-0.15, -0.1) is 11.8 Å². The molecule has 0 aliphatic heterocycles. The molecule has 0 spiro atoms. The second kappa shape index (κ2) is 13.1. The zero-order valence-corrected chi connectivity index (χ0v) is 20.9. The van der Waals surface area contributed by atoms with E-state index in [1.807, 2.05) is 20.8 Å². The van der Waals surface area contributed by atoms with E-state index in [1.54, 1.807) is 41.3 Å². The summed E-state index contributed by atoms with van der Waals surface area (Å²) in [5.41, 5.74) is 1.25. The number of hydrogen-bond donors (Lipinski definition) is 1. The maximum absolute atomic E-state index is 13.9. The first-order valence-electron chi connectivity index (χ1n) is 10.6. The van der Waals surface area contributed by atoms with Gasteiger partial charge in [0.15, 0.2) is 0 Å². The molecule has 0 heterocycles. The highest BCUT2D eigenvalue weighted by Gasteiger charge is 2.29. The lowest BCUT2D eigenvalue weighted by atomic mass is 10.1. The van der Waals surface area contributed by atoms with Crippen molar-refractivity contribution in [3.63, 3.8) is 0 Å². The summed E-state index contributed by atoms with van der Waals surface area (Å²) in [6, 6.07) is 10.9. The first-order valence-corrected chi connectivity index (χ1v) is 12.5. The van der Waals surface area contributed by atoms with Gasteiger partial charge in [-0.05, 0) is 49.1 Å². The second-order valence-electron chi connectivity index (χ2n) is 7.58. The molecule has 0 aliphatic carbocycles. The molecule has 0 unspecified atom stereocenters. The third-order valence-corrected chi connectivity index (χ3v) is 6.74. The van der Waals surface area contributed by atoms with E-state index in [1.165, 1.54) is 17.8 Å². The average Bonchev–Trinajstić information content (AvgIpc) is 2.76. The van der Waals surface area contributed by atoms with Crippen molar-refractivity contribution in [3.05, 3.63) is 69.5 Å². The first kappa shape index (κ1) is 26.5. The van der Waals surface area contributed by atoms with Crippen LogP contribution in [-0.2, 0) is 21.9 Å². The molecule has 0 aliphatic rings. The van der Waals surface area contributed by atoms with Gasteiger partial charge in [-0.2, -0.15) is 0 Å². The van der Waals surface area contributed by atoms with Crippen molar-refractivity contribution < 1.29 is 14.0 Å². The Hall–Kier alpha value is -1.76. The van der Waals surface area contributed by atoms with Crippen LogP contribution in [0, 0.1) is 5.82 Å². The minimum absolute atomic E-state index is 0.00283. The molecular formula is C24H29Cl2FN2O2S. The Morgan fingerprint density at radius 2 is 1.81 bits per heavy atom. The van der Waals surface area contributed by atoms with Crippen LogP contribution < -0.4 is 5.32 Å². The molecule has 2 aromatic carbocycles. The van der Waals surface area contributed by atoms with Gasteiger partial charge in [0.25, 0.3) is 0 Å². The molecule has 2 rings (SSSR count). The van der Waals surface area contributed by atoms with Crippen molar-refractivity contribution in [3.8, 4) is 0 Å². The molecule has 8 heteroatoms. The van der Waals surface area contributed by atoms with E-state index in [9.17, 15) is 14.0 Å². The summed E-state index contributed by atoms with van der Waals surface area (Å²) >= 11 is 13.7. The van der Waals surface area contributed by atoms with Crippen LogP contribution in [0.25, 0.3) is 0 Å². The summed E-state index contributed by atoms with van der Waals surface area (Å²) in [7, 11) is 0. The Balaban J connectivity index is 2.20. The third kappa shape index (κ3) is 7.68. The number of halogens is 3. The van der Waals surface area contributed by atoms with Crippen molar-refractivity contribution in [1.29, 1.82) is 0 Å². The van der Waals surface area contributed by atoms with Crippen LogP contribution in [0.4, 0.5) is 4.39 Å². The topological polar surface area (TPSA) is 49.4 Å². The van der Waals surface area contributed by atoms with Gasteiger partial charge in [0, 0.05) is 28.4 Å². The standard InChI is InChI=1S/C24H29Cl2FN2O2S/c1-4-16(3)28-24(31)22(5-2)29(13-17-10-11-19(25)12-20(17)26)23(30)15-32-14-18-8-6-7-9-21(18)27/h6-12,16,22H,4-5,13-15H2,1-3H3,(H,28,31)/t16-,22+/m0/s1. The van der Waals surface area contributed by atoms with Gasteiger partial charge in [0.1, 0.15) is 11.9 Å². The zero-order valence-electron chi connectivity index (χ0n) is 18.5. The molecule has 0 saturated heterocycles. The molecule has 0 fully saturated rings. The van der Waals surface area contributed by atoms with E-state index in [-0.39, 0.29) is 36.0 Å². The van der Waals surface area contributed by atoms with E-state index >= 15 is 0 Å². The molecule has 4 nitrogen and oxygen atoms in total. The maximum Gasteiger partial charge on any atom is 0.243 e. The highest BCUT2D eigenvalue weighted by Crippen LogP contribution is 2.25.